The topological polar surface area (TPSA) is 63.5 Å². The van der Waals surface area contributed by atoms with E-state index in [1.807, 2.05) is 6.92 Å². The quantitative estimate of drug-likeness (QED) is 0.469. The molecule has 1 aromatic carbocycles. The minimum atomic E-state index is -0.554. The van der Waals surface area contributed by atoms with Crippen molar-refractivity contribution in [1.82, 2.24) is 4.90 Å². The predicted molar refractivity (Wildman–Crippen MR) is 69.9 cm³/mol. The fourth-order valence-corrected chi connectivity index (χ4v) is 1.73. The van der Waals surface area contributed by atoms with Crippen LogP contribution in [0.4, 0.5) is 5.69 Å². The van der Waals surface area contributed by atoms with Crippen molar-refractivity contribution < 1.29 is 9.72 Å². The first-order valence-corrected chi connectivity index (χ1v) is 5.73. The van der Waals surface area contributed by atoms with Crippen LogP contribution in [-0.4, -0.2) is 28.8 Å². The van der Waals surface area contributed by atoms with Gasteiger partial charge in [0.1, 0.15) is 0 Å². The molecule has 0 saturated heterocycles. The van der Waals surface area contributed by atoms with Crippen molar-refractivity contribution in [3.63, 3.8) is 0 Å². The average molecular weight is 269 g/mol. The van der Waals surface area contributed by atoms with Gasteiger partial charge in [-0.3, -0.25) is 14.9 Å². The number of amides is 1. The van der Waals surface area contributed by atoms with E-state index in [1.54, 1.807) is 11.0 Å². The molecule has 0 saturated carbocycles. The summed E-state index contributed by atoms with van der Waals surface area (Å²) < 4.78 is 0. The highest BCUT2D eigenvalue weighted by atomic mass is 35.5. The monoisotopic (exact) mass is 268 g/mol. The molecule has 0 unspecified atom stereocenters. The lowest BCUT2D eigenvalue weighted by molar-refractivity contribution is -0.384. The molecule has 18 heavy (non-hydrogen) atoms. The number of halogens is 1. The average Bonchev–Trinajstić information content (AvgIpc) is 2.34. The zero-order valence-corrected chi connectivity index (χ0v) is 10.7. The van der Waals surface area contributed by atoms with Gasteiger partial charge in [0.15, 0.2) is 0 Å². The Hall–Kier alpha value is -1.88. The Labute approximate surface area is 110 Å². The van der Waals surface area contributed by atoms with Crippen LogP contribution in [0.5, 0.6) is 0 Å². The van der Waals surface area contributed by atoms with Crippen molar-refractivity contribution >= 4 is 23.2 Å². The van der Waals surface area contributed by atoms with Gasteiger partial charge in [-0.25, -0.2) is 0 Å². The van der Waals surface area contributed by atoms with Gasteiger partial charge in [0.2, 0.25) is 0 Å². The Kier molecular flexibility index (Phi) is 4.85. The van der Waals surface area contributed by atoms with E-state index < -0.39 is 4.92 Å². The van der Waals surface area contributed by atoms with Crippen molar-refractivity contribution in [2.75, 3.05) is 13.1 Å². The Bertz CT molecular complexity index is 488. The van der Waals surface area contributed by atoms with E-state index in [1.165, 1.54) is 18.2 Å². The number of hydrogen-bond donors (Lipinski definition) is 0. The SMILES string of the molecule is C=CCN(CC)C(=O)c1ccc([N+](=O)[O-])cc1Cl. The van der Waals surface area contributed by atoms with Gasteiger partial charge in [0, 0.05) is 25.2 Å². The Morgan fingerprint density at radius 1 is 1.61 bits per heavy atom. The van der Waals surface area contributed by atoms with Crippen LogP contribution in [0.2, 0.25) is 5.02 Å². The van der Waals surface area contributed by atoms with Gasteiger partial charge in [0.25, 0.3) is 11.6 Å². The normalized spacial score (nSPS) is 9.89. The zero-order valence-electron chi connectivity index (χ0n) is 9.93. The molecule has 0 bridgehead atoms. The zero-order chi connectivity index (χ0) is 13.7. The largest absolute Gasteiger partial charge is 0.335 e. The van der Waals surface area contributed by atoms with Crippen molar-refractivity contribution in [2.24, 2.45) is 0 Å². The molecule has 1 amide bonds. The number of carbonyl (C=O) groups is 1. The van der Waals surface area contributed by atoms with Crippen molar-refractivity contribution in [2.45, 2.75) is 6.92 Å². The van der Waals surface area contributed by atoms with Gasteiger partial charge in [-0.05, 0) is 13.0 Å². The van der Waals surface area contributed by atoms with E-state index >= 15 is 0 Å². The first-order valence-electron chi connectivity index (χ1n) is 5.35. The summed E-state index contributed by atoms with van der Waals surface area (Å²) in [5, 5.41) is 10.6. The molecule has 0 N–H and O–H groups in total. The van der Waals surface area contributed by atoms with Crippen LogP contribution in [0, 0.1) is 10.1 Å². The maximum Gasteiger partial charge on any atom is 0.270 e. The van der Waals surface area contributed by atoms with E-state index in [0.29, 0.717) is 13.1 Å². The van der Waals surface area contributed by atoms with Crippen LogP contribution in [0.25, 0.3) is 0 Å². The van der Waals surface area contributed by atoms with Gasteiger partial charge in [0.05, 0.1) is 15.5 Å². The first-order chi connectivity index (χ1) is 8.51. The molecule has 5 nitrogen and oxygen atoms in total. The molecular formula is C12H13ClN2O3. The second-order valence-electron chi connectivity index (χ2n) is 3.55. The third-order valence-electron chi connectivity index (χ3n) is 2.41. The fraction of sp³-hybridized carbons (Fsp3) is 0.250. The summed E-state index contributed by atoms with van der Waals surface area (Å²) in [4.78, 5) is 23.6. The van der Waals surface area contributed by atoms with Crippen LogP contribution in [0.1, 0.15) is 17.3 Å². The summed E-state index contributed by atoms with van der Waals surface area (Å²) in [6.45, 7) is 6.32. The highest BCUT2D eigenvalue weighted by Crippen LogP contribution is 2.23. The molecule has 0 heterocycles. The van der Waals surface area contributed by atoms with Crippen LogP contribution in [0.15, 0.2) is 30.9 Å². The summed E-state index contributed by atoms with van der Waals surface area (Å²) >= 11 is 5.89. The van der Waals surface area contributed by atoms with Crippen molar-refractivity contribution in [1.29, 1.82) is 0 Å². The van der Waals surface area contributed by atoms with Gasteiger partial charge < -0.3 is 4.90 Å². The molecule has 1 aromatic rings. The second kappa shape index (κ2) is 6.16. The van der Waals surface area contributed by atoms with E-state index in [0.717, 1.165) is 0 Å². The summed E-state index contributed by atoms with van der Waals surface area (Å²) in [6, 6.07) is 3.81. The number of likely N-dealkylation sites (N-methyl/N-ethyl adjacent to an activating group) is 1. The smallest absolute Gasteiger partial charge is 0.270 e. The lowest BCUT2D eigenvalue weighted by atomic mass is 10.1. The summed E-state index contributed by atoms with van der Waals surface area (Å²) in [5.41, 5.74) is 0.120. The van der Waals surface area contributed by atoms with Crippen LogP contribution in [-0.2, 0) is 0 Å². The second-order valence-corrected chi connectivity index (χ2v) is 3.96. The third kappa shape index (κ3) is 3.07. The Balaban J connectivity index is 3.06. The minimum Gasteiger partial charge on any atom is -0.335 e. The molecule has 0 aliphatic carbocycles. The third-order valence-corrected chi connectivity index (χ3v) is 2.73. The number of nitro groups is 1. The van der Waals surface area contributed by atoms with E-state index in [-0.39, 0.29) is 22.2 Å². The molecule has 6 heteroatoms. The van der Waals surface area contributed by atoms with Gasteiger partial charge in [-0.15, -0.1) is 6.58 Å². The molecular weight excluding hydrogens is 256 g/mol. The van der Waals surface area contributed by atoms with Crippen LogP contribution in [0.3, 0.4) is 0 Å². The number of non-ortho nitro benzene ring substituents is 1. The molecule has 96 valence electrons. The molecule has 0 aliphatic rings. The van der Waals surface area contributed by atoms with Crippen molar-refractivity contribution in [3.8, 4) is 0 Å². The molecule has 1 rings (SSSR count). The van der Waals surface area contributed by atoms with Gasteiger partial charge in [-0.1, -0.05) is 17.7 Å². The number of nitrogens with zero attached hydrogens (tertiary/aromatic N) is 2. The molecule has 0 aliphatic heterocycles. The van der Waals surface area contributed by atoms with Crippen LogP contribution < -0.4 is 0 Å². The van der Waals surface area contributed by atoms with E-state index in [2.05, 4.69) is 6.58 Å². The molecule has 0 spiro atoms. The summed E-state index contributed by atoms with van der Waals surface area (Å²) in [6.07, 6.45) is 1.61. The van der Waals surface area contributed by atoms with E-state index in [4.69, 9.17) is 11.6 Å². The molecule has 0 radical (unpaired) electrons. The highest BCUT2D eigenvalue weighted by molar-refractivity contribution is 6.34. The van der Waals surface area contributed by atoms with Crippen molar-refractivity contribution in [3.05, 3.63) is 51.6 Å². The minimum absolute atomic E-state index is 0.0803. The number of hydrogen-bond acceptors (Lipinski definition) is 3. The highest BCUT2D eigenvalue weighted by Gasteiger charge is 2.18. The number of benzene rings is 1. The number of nitro benzene ring substituents is 1. The van der Waals surface area contributed by atoms with Gasteiger partial charge in [-0.2, -0.15) is 0 Å². The lowest BCUT2D eigenvalue weighted by Crippen LogP contribution is -2.31. The summed E-state index contributed by atoms with van der Waals surface area (Å²) in [5.74, 6) is -0.266. The molecule has 0 aromatic heterocycles. The maximum atomic E-state index is 12.1. The first kappa shape index (κ1) is 14.2. The number of carbonyl (C=O) groups excluding carboxylic acids is 1. The molecule has 0 atom stereocenters. The fourth-order valence-electron chi connectivity index (χ4n) is 1.47. The predicted octanol–water partition coefficient (Wildman–Crippen LogP) is 2.90. The maximum absolute atomic E-state index is 12.1. The van der Waals surface area contributed by atoms with Gasteiger partial charge >= 0.3 is 0 Å². The Morgan fingerprint density at radius 2 is 2.28 bits per heavy atom. The summed E-state index contributed by atoms with van der Waals surface area (Å²) in [7, 11) is 0. The van der Waals surface area contributed by atoms with Crippen LogP contribution >= 0.6 is 11.6 Å². The Morgan fingerprint density at radius 3 is 2.72 bits per heavy atom. The molecule has 0 fully saturated rings. The standard InChI is InChI=1S/C12H13ClN2O3/c1-3-7-14(4-2)12(16)10-6-5-9(15(17)18)8-11(10)13/h3,5-6,8H,1,4,7H2,2H3. The number of rotatable bonds is 5. The van der Waals surface area contributed by atoms with E-state index in [9.17, 15) is 14.9 Å². The lowest BCUT2D eigenvalue weighted by Gasteiger charge is -2.19.